The fourth-order valence-corrected chi connectivity index (χ4v) is 0. The van der Waals surface area contributed by atoms with Gasteiger partial charge in [-0.1, -0.05) is 0 Å². The molecule has 0 unspecified atom stereocenters. The van der Waals surface area contributed by atoms with Crippen molar-refractivity contribution in [1.29, 1.82) is 0 Å². The number of rotatable bonds is 0. The van der Waals surface area contributed by atoms with Crippen LogP contribution in [0, 0.1) is 0 Å². The molecule has 14 heteroatoms. The van der Waals surface area contributed by atoms with E-state index in [1.807, 2.05) is 0 Å². The minimum Gasteiger partial charge on any atom is 0 e. The Balaban J connectivity index is 0. The molecule has 0 nitrogen and oxygen atoms in total. The van der Waals surface area contributed by atoms with Crippen LogP contribution in [0.1, 0.15) is 0 Å². The van der Waals surface area contributed by atoms with Crippen molar-refractivity contribution in [1.82, 2.24) is 0 Å². The maximum Gasteiger partial charge on any atom is 0 e. The molecule has 0 aliphatic carbocycles. The summed E-state index contributed by atoms with van der Waals surface area (Å²) in [5.74, 6) is 0. The molecule has 0 saturated heterocycles. The van der Waals surface area contributed by atoms with Gasteiger partial charge in [-0.2, -0.15) is 0 Å². The fraction of sp³-hybridized carbons (Fsp3) is 0. The molecule has 0 spiro atoms. The van der Waals surface area contributed by atoms with E-state index in [9.17, 15) is 0 Å². The third-order valence-corrected chi connectivity index (χ3v) is 0. The van der Waals surface area contributed by atoms with Crippen molar-refractivity contribution in [3.63, 3.8) is 0 Å². The monoisotopic (exact) mass is 2580 g/mol. The van der Waals surface area contributed by atoms with Crippen LogP contribution in [0.4, 0.5) is 0 Å². The van der Waals surface area contributed by atoms with Crippen LogP contribution in [-0.2, 0) is 295 Å². The second-order valence-electron chi connectivity index (χ2n) is 0. The molecule has 0 bridgehead atoms. The minimum atomic E-state index is 0. The molecule has 0 radical (unpaired) electrons. The Bertz CT molecular complexity index is 0. The van der Waals surface area contributed by atoms with Gasteiger partial charge in [0, 0.05) is 295 Å². The summed E-state index contributed by atoms with van der Waals surface area (Å²) < 4.78 is 0. The van der Waals surface area contributed by atoms with Crippen molar-refractivity contribution in [2.24, 2.45) is 0 Å². The molecule has 0 amide bonds. The largest absolute Gasteiger partial charge is 0 e. The summed E-state index contributed by atoms with van der Waals surface area (Å²) in [5.41, 5.74) is 0. The van der Waals surface area contributed by atoms with E-state index in [0.29, 0.717) is 0 Å². The van der Waals surface area contributed by atoms with Crippen molar-refractivity contribution in [3.05, 3.63) is 0 Å². The van der Waals surface area contributed by atoms with Gasteiger partial charge in [0.15, 0.2) is 0 Å². The molecule has 0 aromatic carbocycles. The van der Waals surface area contributed by atoms with Crippen molar-refractivity contribution >= 4 is 0 Å². The first-order valence-corrected chi connectivity index (χ1v) is 0. The van der Waals surface area contributed by atoms with Crippen LogP contribution in [0.3, 0.4) is 0 Å². The molecule has 0 saturated carbocycles. The third-order valence-electron chi connectivity index (χ3n) is 0. The van der Waals surface area contributed by atoms with E-state index < -0.39 is 0 Å². The van der Waals surface area contributed by atoms with E-state index in [1.54, 1.807) is 0 Å². The van der Waals surface area contributed by atoms with Gasteiger partial charge in [-0.3, -0.25) is 0 Å². The van der Waals surface area contributed by atoms with Crippen LogP contribution >= 0.6 is 0 Å². The molecule has 0 atom stereocenters. The first-order valence-electron chi connectivity index (χ1n) is 0. The Kier molecular flexibility index (Phi) is 1060. The van der Waals surface area contributed by atoms with Crippen LogP contribution in [0.25, 0.3) is 0 Å². The average Bonchev–Trinajstić information content (AvgIpc) is 0. The molecule has 0 aromatic heterocycles. The Morgan fingerprint density at radius 2 is 0.0714 bits per heavy atom. The first-order chi connectivity index (χ1) is 0. The Morgan fingerprint density at radius 1 is 0.0714 bits per heavy atom. The van der Waals surface area contributed by atoms with E-state index in [0.717, 1.165) is 0 Å². The van der Waals surface area contributed by atoms with Gasteiger partial charge in [-0.15, -0.1) is 0 Å². The van der Waals surface area contributed by atoms with Gasteiger partial charge in [0.25, 0.3) is 0 Å². The van der Waals surface area contributed by atoms with Crippen molar-refractivity contribution < 1.29 is 295 Å². The van der Waals surface area contributed by atoms with Gasteiger partial charge in [0.1, 0.15) is 0 Å². The molecule has 0 aromatic rings. The van der Waals surface area contributed by atoms with E-state index in [1.165, 1.54) is 0 Å². The topological polar surface area (TPSA) is 0 Å². The average molecular weight is 2570 g/mol. The molecule has 0 N–H and O–H groups in total. The maximum absolute atomic E-state index is 0. The van der Waals surface area contributed by atoms with Crippen LogP contribution in [0.2, 0.25) is 0 Å². The van der Waals surface area contributed by atoms with Crippen LogP contribution in [0.15, 0.2) is 0 Å². The number of hydrogen-bond donors (Lipinski definition) is 0. The summed E-state index contributed by atoms with van der Waals surface area (Å²) in [6.07, 6.45) is 0. The first kappa shape index (κ1) is 130. The second-order valence-corrected chi connectivity index (χ2v) is 0. The predicted molar refractivity (Wildman–Crippen MR) is 0 cm³/mol. The van der Waals surface area contributed by atoms with Crippen LogP contribution in [0.5, 0.6) is 0 Å². The number of hydrogen-bond acceptors (Lipinski definition) is 0. The summed E-state index contributed by atoms with van der Waals surface area (Å²) in [6, 6.07) is 0. The summed E-state index contributed by atoms with van der Waals surface area (Å²) in [6.45, 7) is 0. The van der Waals surface area contributed by atoms with Crippen LogP contribution in [-0.4, -0.2) is 0 Å². The zero-order valence-corrected chi connectivity index (χ0v) is 46.8. The normalized spacial score (nSPS) is 0. The Hall–Kier alpha value is 9.64. The molecule has 0 rings (SSSR count). The van der Waals surface area contributed by atoms with Gasteiger partial charge >= 0.3 is 0 Å². The second kappa shape index (κ2) is 114. The van der Waals surface area contributed by atoms with Gasteiger partial charge in [0.05, 0.1) is 0 Å². The van der Waals surface area contributed by atoms with E-state index in [2.05, 4.69) is 0 Å². The van der Waals surface area contributed by atoms with Crippen LogP contribution < -0.4 is 0 Å². The Labute approximate surface area is 287 Å². The quantitative estimate of drug-likeness (QED) is 0.321. The summed E-state index contributed by atoms with van der Waals surface area (Å²) >= 11 is 0. The smallest absolute Gasteiger partial charge is 0 e. The third kappa shape index (κ3) is 99.2. The SMILES string of the molecule is [W].[W].[W].[W].[W].[W].[W].[W].[W].[W].[W].[W].[W].[W]. The molecular formula is W14. The van der Waals surface area contributed by atoms with Crippen molar-refractivity contribution in [2.45, 2.75) is 0 Å². The summed E-state index contributed by atoms with van der Waals surface area (Å²) in [5, 5.41) is 0. The molecule has 84 valence electrons. The fourth-order valence-electron chi connectivity index (χ4n) is 0. The summed E-state index contributed by atoms with van der Waals surface area (Å²) in [7, 11) is 0. The molecule has 0 aliphatic heterocycles. The summed E-state index contributed by atoms with van der Waals surface area (Å²) in [4.78, 5) is 0. The van der Waals surface area contributed by atoms with Gasteiger partial charge in [-0.05, 0) is 0 Å². The van der Waals surface area contributed by atoms with Crippen molar-refractivity contribution in [2.75, 3.05) is 0 Å². The van der Waals surface area contributed by atoms with E-state index >= 15 is 0 Å². The molecule has 0 heterocycles. The van der Waals surface area contributed by atoms with E-state index in [-0.39, 0.29) is 295 Å². The molecule has 0 aliphatic rings. The standard InChI is InChI=1S/14W. The van der Waals surface area contributed by atoms with Gasteiger partial charge in [0.2, 0.25) is 0 Å². The maximum atomic E-state index is 0. The zero-order valence-electron chi connectivity index (χ0n) is 5.72. The van der Waals surface area contributed by atoms with Gasteiger partial charge in [-0.25, -0.2) is 0 Å². The molecule has 14 heavy (non-hydrogen) atoms. The predicted octanol–water partition coefficient (Wildman–Crippen LogP) is -0.0350. The van der Waals surface area contributed by atoms with Gasteiger partial charge < -0.3 is 0 Å². The zero-order chi connectivity index (χ0) is 0. The Morgan fingerprint density at radius 3 is 0.0714 bits per heavy atom. The molecule has 0 fully saturated rings. The van der Waals surface area contributed by atoms with Crippen molar-refractivity contribution in [3.8, 4) is 0 Å². The minimum absolute atomic E-state index is 0. The van der Waals surface area contributed by atoms with E-state index in [4.69, 9.17) is 0 Å². The molecular weight excluding hydrogens is 2570 g/mol.